The second-order valence-electron chi connectivity index (χ2n) is 5.47. The van der Waals surface area contributed by atoms with Crippen molar-refractivity contribution in [3.05, 3.63) is 26.6 Å². The lowest BCUT2D eigenvalue weighted by Crippen LogP contribution is -2.50. The molecule has 0 bridgehead atoms. The van der Waals surface area contributed by atoms with Gasteiger partial charge in [-0.05, 0) is 12.8 Å². The lowest BCUT2D eigenvalue weighted by atomic mass is 10.3. The van der Waals surface area contributed by atoms with Crippen LogP contribution in [0.2, 0.25) is 10.0 Å². The molecule has 1 saturated heterocycles. The van der Waals surface area contributed by atoms with Gasteiger partial charge in [-0.25, -0.2) is 4.68 Å². The SMILES string of the molecule is O=C(C1CC1)N1CCN(Cn2ncc(Cl)c(Cl)c2=O)CC1. The third kappa shape index (κ3) is 3.22. The lowest BCUT2D eigenvalue weighted by Gasteiger charge is -2.34. The summed E-state index contributed by atoms with van der Waals surface area (Å²) in [4.78, 5) is 27.9. The second kappa shape index (κ2) is 5.94. The zero-order chi connectivity index (χ0) is 15.0. The Kier molecular flexibility index (Phi) is 4.19. The highest BCUT2D eigenvalue weighted by atomic mass is 35.5. The highest BCUT2D eigenvalue weighted by Crippen LogP contribution is 2.31. The topological polar surface area (TPSA) is 58.4 Å². The number of nitrogens with zero attached hydrogens (tertiary/aromatic N) is 4. The Balaban J connectivity index is 1.59. The predicted molar refractivity (Wildman–Crippen MR) is 79.4 cm³/mol. The molecule has 1 saturated carbocycles. The maximum atomic E-state index is 12.0. The van der Waals surface area contributed by atoms with Crippen LogP contribution in [0.1, 0.15) is 12.8 Å². The summed E-state index contributed by atoms with van der Waals surface area (Å²) in [5, 5.41) is 4.15. The molecule has 0 spiro atoms. The van der Waals surface area contributed by atoms with Gasteiger partial charge in [-0.3, -0.25) is 14.5 Å². The maximum Gasteiger partial charge on any atom is 0.288 e. The maximum absolute atomic E-state index is 12.0. The van der Waals surface area contributed by atoms with E-state index in [-0.39, 0.29) is 27.4 Å². The third-order valence-corrected chi connectivity index (χ3v) is 4.64. The first-order chi connectivity index (χ1) is 10.1. The Labute approximate surface area is 132 Å². The molecule has 0 aromatic carbocycles. The molecule has 8 heteroatoms. The van der Waals surface area contributed by atoms with E-state index in [2.05, 4.69) is 10.00 Å². The van der Waals surface area contributed by atoms with Gasteiger partial charge in [0.25, 0.3) is 5.56 Å². The minimum Gasteiger partial charge on any atom is -0.340 e. The van der Waals surface area contributed by atoms with Gasteiger partial charge in [0.05, 0.1) is 17.9 Å². The van der Waals surface area contributed by atoms with Crippen LogP contribution in [0.5, 0.6) is 0 Å². The molecule has 1 aromatic rings. The molecule has 0 atom stereocenters. The number of aromatic nitrogens is 2. The molecule has 2 aliphatic rings. The van der Waals surface area contributed by atoms with Crippen molar-refractivity contribution in [3.8, 4) is 0 Å². The Morgan fingerprint density at radius 2 is 1.90 bits per heavy atom. The summed E-state index contributed by atoms with van der Waals surface area (Å²) < 4.78 is 1.30. The molecule has 2 fully saturated rings. The summed E-state index contributed by atoms with van der Waals surface area (Å²) >= 11 is 11.6. The zero-order valence-corrected chi connectivity index (χ0v) is 13.0. The molecule has 3 rings (SSSR count). The molecule has 114 valence electrons. The Morgan fingerprint density at radius 3 is 2.52 bits per heavy atom. The Morgan fingerprint density at radius 1 is 1.24 bits per heavy atom. The van der Waals surface area contributed by atoms with Gasteiger partial charge in [-0.2, -0.15) is 5.10 Å². The van der Waals surface area contributed by atoms with E-state index in [4.69, 9.17) is 23.2 Å². The van der Waals surface area contributed by atoms with Gasteiger partial charge in [-0.15, -0.1) is 0 Å². The molecule has 1 aliphatic carbocycles. The van der Waals surface area contributed by atoms with Gasteiger partial charge in [0.1, 0.15) is 5.02 Å². The number of hydrogen-bond acceptors (Lipinski definition) is 4. The fraction of sp³-hybridized carbons (Fsp3) is 0.615. The van der Waals surface area contributed by atoms with Crippen LogP contribution < -0.4 is 5.56 Å². The fourth-order valence-electron chi connectivity index (χ4n) is 2.43. The van der Waals surface area contributed by atoms with Crippen LogP contribution in [0, 0.1) is 5.92 Å². The monoisotopic (exact) mass is 330 g/mol. The number of rotatable bonds is 3. The first kappa shape index (κ1) is 14.8. The minimum atomic E-state index is -0.388. The first-order valence-electron chi connectivity index (χ1n) is 6.98. The van der Waals surface area contributed by atoms with Crippen molar-refractivity contribution in [1.29, 1.82) is 0 Å². The summed E-state index contributed by atoms with van der Waals surface area (Å²) in [6.07, 6.45) is 3.43. The average molecular weight is 331 g/mol. The van der Waals surface area contributed by atoms with E-state index in [9.17, 15) is 9.59 Å². The van der Waals surface area contributed by atoms with E-state index >= 15 is 0 Å². The van der Waals surface area contributed by atoms with E-state index in [1.807, 2.05) is 4.90 Å². The van der Waals surface area contributed by atoms with Crippen LogP contribution in [0.15, 0.2) is 11.0 Å². The number of halogens is 2. The number of amides is 1. The van der Waals surface area contributed by atoms with Gasteiger partial charge in [0, 0.05) is 32.1 Å². The molecule has 1 aromatic heterocycles. The molecule has 21 heavy (non-hydrogen) atoms. The van der Waals surface area contributed by atoms with Crippen molar-refractivity contribution in [2.75, 3.05) is 26.2 Å². The summed E-state index contributed by atoms with van der Waals surface area (Å²) in [7, 11) is 0. The summed E-state index contributed by atoms with van der Waals surface area (Å²) in [6.45, 7) is 3.22. The molecule has 1 amide bonds. The van der Waals surface area contributed by atoms with E-state index in [1.54, 1.807) is 0 Å². The first-order valence-corrected chi connectivity index (χ1v) is 7.74. The van der Waals surface area contributed by atoms with Gasteiger partial charge < -0.3 is 4.90 Å². The Bertz CT molecular complexity index is 607. The van der Waals surface area contributed by atoms with Crippen molar-refractivity contribution in [2.24, 2.45) is 5.92 Å². The van der Waals surface area contributed by atoms with Crippen LogP contribution in [0.25, 0.3) is 0 Å². The summed E-state index contributed by atoms with van der Waals surface area (Å²) in [6, 6.07) is 0. The van der Waals surface area contributed by atoms with Crippen LogP contribution in [-0.2, 0) is 11.5 Å². The number of hydrogen-bond donors (Lipinski definition) is 0. The van der Waals surface area contributed by atoms with Crippen molar-refractivity contribution >= 4 is 29.1 Å². The van der Waals surface area contributed by atoms with Gasteiger partial charge >= 0.3 is 0 Å². The van der Waals surface area contributed by atoms with Gasteiger partial charge in [0.2, 0.25) is 5.91 Å². The highest BCUT2D eigenvalue weighted by molar-refractivity contribution is 6.41. The van der Waals surface area contributed by atoms with Crippen molar-refractivity contribution in [1.82, 2.24) is 19.6 Å². The molecule has 0 N–H and O–H groups in total. The lowest BCUT2D eigenvalue weighted by molar-refractivity contribution is -0.134. The van der Waals surface area contributed by atoms with Crippen LogP contribution >= 0.6 is 23.2 Å². The van der Waals surface area contributed by atoms with Gasteiger partial charge in [-0.1, -0.05) is 23.2 Å². The minimum absolute atomic E-state index is 0.00536. The smallest absolute Gasteiger partial charge is 0.288 e. The van der Waals surface area contributed by atoms with Crippen LogP contribution in [-0.4, -0.2) is 51.7 Å². The molecular formula is C13H16Cl2N4O2. The Hall–Kier alpha value is -1.11. The highest BCUT2D eigenvalue weighted by Gasteiger charge is 2.34. The standard InChI is InChI=1S/C13H16Cl2N4O2/c14-10-7-16-19(13(21)11(10)15)8-17-3-5-18(6-4-17)12(20)9-1-2-9/h7,9H,1-6,8H2. The van der Waals surface area contributed by atoms with E-state index in [1.165, 1.54) is 10.9 Å². The van der Waals surface area contributed by atoms with E-state index < -0.39 is 0 Å². The number of carbonyl (C=O) groups is 1. The molecule has 1 aliphatic heterocycles. The van der Waals surface area contributed by atoms with Crippen molar-refractivity contribution < 1.29 is 4.79 Å². The molecule has 0 radical (unpaired) electrons. The second-order valence-corrected chi connectivity index (χ2v) is 6.26. The molecule has 2 heterocycles. The van der Waals surface area contributed by atoms with Crippen molar-refractivity contribution in [2.45, 2.75) is 19.5 Å². The van der Waals surface area contributed by atoms with E-state index in [0.717, 1.165) is 25.9 Å². The molecule has 6 nitrogen and oxygen atoms in total. The quantitative estimate of drug-likeness (QED) is 0.831. The molecule has 0 unspecified atom stereocenters. The summed E-state index contributed by atoms with van der Waals surface area (Å²) in [5.41, 5.74) is -0.388. The zero-order valence-electron chi connectivity index (χ0n) is 11.5. The van der Waals surface area contributed by atoms with Gasteiger partial charge in [0.15, 0.2) is 0 Å². The van der Waals surface area contributed by atoms with E-state index in [0.29, 0.717) is 19.8 Å². The predicted octanol–water partition coefficient (Wildman–Crippen LogP) is 1.06. The van der Waals surface area contributed by atoms with Crippen LogP contribution in [0.3, 0.4) is 0 Å². The normalized spacial score (nSPS) is 19.8. The molecular weight excluding hydrogens is 315 g/mol. The summed E-state index contributed by atoms with van der Waals surface area (Å²) in [5.74, 6) is 0.537. The third-order valence-electron chi connectivity index (χ3n) is 3.89. The van der Waals surface area contributed by atoms with Crippen LogP contribution in [0.4, 0.5) is 0 Å². The number of carbonyl (C=O) groups excluding carboxylic acids is 1. The average Bonchev–Trinajstić information content (AvgIpc) is 3.33. The fourth-order valence-corrected chi connectivity index (χ4v) is 2.70. The largest absolute Gasteiger partial charge is 0.340 e. The number of piperazine rings is 1. The van der Waals surface area contributed by atoms with Crippen molar-refractivity contribution in [3.63, 3.8) is 0 Å².